The number of nitrogens with zero attached hydrogens (tertiary/aromatic N) is 3. The Bertz CT molecular complexity index is 428. The van der Waals surface area contributed by atoms with Gasteiger partial charge in [0.15, 0.2) is 0 Å². The molecule has 1 aliphatic rings. The molecule has 7 nitrogen and oxygen atoms in total. The van der Waals surface area contributed by atoms with Gasteiger partial charge in [0.05, 0.1) is 5.92 Å². The summed E-state index contributed by atoms with van der Waals surface area (Å²) in [6.45, 7) is 0. The molecule has 0 radical (unpaired) electrons. The summed E-state index contributed by atoms with van der Waals surface area (Å²) in [6.07, 6.45) is 2.84. The number of carbonyl (C=O) groups is 1. The number of rotatable bonds is 3. The third kappa shape index (κ3) is 3.19. The average molecular weight is 272 g/mol. The summed E-state index contributed by atoms with van der Waals surface area (Å²) in [5, 5.41) is 12.0. The van der Waals surface area contributed by atoms with Crippen LogP contribution in [0.3, 0.4) is 0 Å². The first-order valence-electron chi connectivity index (χ1n) is 5.71. The summed E-state index contributed by atoms with van der Waals surface area (Å²) in [5.74, 6) is -0.557. The molecule has 0 saturated heterocycles. The number of nitrogen functional groups attached to an aromatic ring is 1. The number of aromatic nitrogens is 3. The largest absolute Gasteiger partial charge is 0.481 e. The third-order valence-electron chi connectivity index (χ3n) is 3.04. The number of nitrogens with two attached hydrogens (primary N) is 1. The molecule has 18 heavy (non-hydrogen) atoms. The van der Waals surface area contributed by atoms with E-state index in [1.165, 1.54) is 0 Å². The number of aliphatic carboxylic acids is 1. The molecule has 8 heteroatoms. The second-order valence-electron chi connectivity index (χ2n) is 4.32. The van der Waals surface area contributed by atoms with Crippen LogP contribution in [-0.2, 0) is 4.79 Å². The minimum Gasteiger partial charge on any atom is -0.481 e. The molecular weight excluding hydrogens is 258 g/mol. The van der Waals surface area contributed by atoms with E-state index in [9.17, 15) is 4.79 Å². The quantitative estimate of drug-likeness (QED) is 0.756. The van der Waals surface area contributed by atoms with Crippen molar-refractivity contribution in [3.05, 3.63) is 5.28 Å². The van der Waals surface area contributed by atoms with Crippen molar-refractivity contribution in [1.82, 2.24) is 15.0 Å². The Balaban J connectivity index is 1.93. The van der Waals surface area contributed by atoms with Crippen LogP contribution in [0.5, 0.6) is 0 Å². The zero-order chi connectivity index (χ0) is 13.1. The van der Waals surface area contributed by atoms with E-state index < -0.39 is 5.97 Å². The van der Waals surface area contributed by atoms with E-state index in [4.69, 9.17) is 22.4 Å². The second-order valence-corrected chi connectivity index (χ2v) is 4.66. The first kappa shape index (κ1) is 12.8. The highest BCUT2D eigenvalue weighted by molar-refractivity contribution is 6.28. The molecule has 0 aromatic carbocycles. The molecule has 0 amide bonds. The van der Waals surface area contributed by atoms with Gasteiger partial charge < -0.3 is 16.2 Å². The van der Waals surface area contributed by atoms with Crippen LogP contribution >= 0.6 is 11.6 Å². The molecule has 1 fully saturated rings. The highest BCUT2D eigenvalue weighted by Crippen LogP contribution is 2.26. The fourth-order valence-electron chi connectivity index (χ4n) is 2.10. The van der Waals surface area contributed by atoms with E-state index in [0.717, 1.165) is 12.8 Å². The molecule has 98 valence electrons. The van der Waals surface area contributed by atoms with E-state index in [-0.39, 0.29) is 23.2 Å². The number of halogens is 1. The van der Waals surface area contributed by atoms with Gasteiger partial charge in [-0.2, -0.15) is 15.0 Å². The number of nitrogens with one attached hydrogen (secondary N) is 1. The van der Waals surface area contributed by atoms with Gasteiger partial charge in [-0.1, -0.05) is 0 Å². The SMILES string of the molecule is Nc1nc(Cl)nc(N[C@H]2CC[C@@H](C(=O)O)CC2)n1. The number of anilines is 2. The Hall–Kier alpha value is -1.63. The van der Waals surface area contributed by atoms with Gasteiger partial charge in [0.2, 0.25) is 17.2 Å². The van der Waals surface area contributed by atoms with E-state index in [1.54, 1.807) is 0 Å². The van der Waals surface area contributed by atoms with E-state index in [1.807, 2.05) is 0 Å². The Labute approximate surface area is 109 Å². The fourth-order valence-corrected chi connectivity index (χ4v) is 2.26. The second kappa shape index (κ2) is 5.34. The Morgan fingerprint density at radius 3 is 2.50 bits per heavy atom. The van der Waals surface area contributed by atoms with Crippen molar-refractivity contribution >= 4 is 29.5 Å². The maximum absolute atomic E-state index is 10.8. The van der Waals surface area contributed by atoms with Gasteiger partial charge in [-0.25, -0.2) is 0 Å². The lowest BCUT2D eigenvalue weighted by atomic mass is 9.86. The van der Waals surface area contributed by atoms with Crippen LogP contribution in [0.4, 0.5) is 11.9 Å². The molecule has 0 aliphatic heterocycles. The molecular formula is C10H14ClN5O2. The zero-order valence-corrected chi connectivity index (χ0v) is 10.4. The topological polar surface area (TPSA) is 114 Å². The maximum atomic E-state index is 10.8. The lowest BCUT2D eigenvalue weighted by molar-refractivity contribution is -0.142. The lowest BCUT2D eigenvalue weighted by Gasteiger charge is -2.26. The van der Waals surface area contributed by atoms with Gasteiger partial charge in [-0.15, -0.1) is 0 Å². The molecule has 1 aromatic heterocycles. The molecule has 4 N–H and O–H groups in total. The standard InChI is InChI=1S/C10H14ClN5O2/c11-8-14-9(12)16-10(15-8)13-6-3-1-5(2-4-6)7(17)18/h5-6H,1-4H2,(H,17,18)(H3,12,13,14,15,16)/t5-,6+. The Morgan fingerprint density at radius 2 is 1.94 bits per heavy atom. The van der Waals surface area contributed by atoms with Gasteiger partial charge in [-0.05, 0) is 37.3 Å². The number of carboxylic acid groups (broad SMARTS) is 1. The monoisotopic (exact) mass is 271 g/mol. The van der Waals surface area contributed by atoms with Crippen LogP contribution in [0.2, 0.25) is 5.28 Å². The molecule has 0 unspecified atom stereocenters. The summed E-state index contributed by atoms with van der Waals surface area (Å²) in [6, 6.07) is 0.151. The van der Waals surface area contributed by atoms with Gasteiger partial charge in [0.1, 0.15) is 0 Å². The minimum atomic E-state index is -0.721. The number of hydrogen-bond donors (Lipinski definition) is 3. The predicted molar refractivity (Wildman–Crippen MR) is 66.3 cm³/mol. The summed E-state index contributed by atoms with van der Waals surface area (Å²) in [5.41, 5.74) is 5.46. The van der Waals surface area contributed by atoms with E-state index in [0.29, 0.717) is 18.8 Å². The van der Waals surface area contributed by atoms with Gasteiger partial charge in [-0.3, -0.25) is 4.79 Å². The summed E-state index contributed by atoms with van der Waals surface area (Å²) in [4.78, 5) is 22.3. The van der Waals surface area contributed by atoms with Gasteiger partial charge in [0.25, 0.3) is 0 Å². The van der Waals surface area contributed by atoms with Crippen molar-refractivity contribution in [2.75, 3.05) is 11.1 Å². The maximum Gasteiger partial charge on any atom is 0.306 e. The van der Waals surface area contributed by atoms with Crippen LogP contribution in [0.1, 0.15) is 25.7 Å². The molecule has 1 heterocycles. The highest BCUT2D eigenvalue weighted by Gasteiger charge is 2.26. The van der Waals surface area contributed by atoms with Gasteiger partial charge in [0, 0.05) is 6.04 Å². The highest BCUT2D eigenvalue weighted by atomic mass is 35.5. The van der Waals surface area contributed by atoms with Crippen LogP contribution in [0.25, 0.3) is 0 Å². The summed E-state index contributed by atoms with van der Waals surface area (Å²) in [7, 11) is 0. The van der Waals surface area contributed by atoms with E-state index in [2.05, 4.69) is 20.3 Å². The Kier molecular flexibility index (Phi) is 3.81. The first-order chi connectivity index (χ1) is 8.54. The summed E-state index contributed by atoms with van der Waals surface area (Å²) < 4.78 is 0. The number of hydrogen-bond acceptors (Lipinski definition) is 6. The van der Waals surface area contributed by atoms with Crippen LogP contribution in [-0.4, -0.2) is 32.1 Å². The Morgan fingerprint density at radius 1 is 1.28 bits per heavy atom. The van der Waals surface area contributed by atoms with Crippen molar-refractivity contribution in [2.24, 2.45) is 5.92 Å². The molecule has 0 bridgehead atoms. The molecule has 2 rings (SSSR count). The smallest absolute Gasteiger partial charge is 0.306 e. The molecule has 0 spiro atoms. The van der Waals surface area contributed by atoms with Crippen molar-refractivity contribution in [2.45, 2.75) is 31.7 Å². The normalized spacial score (nSPS) is 23.6. The van der Waals surface area contributed by atoms with E-state index >= 15 is 0 Å². The van der Waals surface area contributed by atoms with Crippen molar-refractivity contribution in [3.63, 3.8) is 0 Å². The first-order valence-corrected chi connectivity index (χ1v) is 6.09. The van der Waals surface area contributed by atoms with Crippen LogP contribution in [0.15, 0.2) is 0 Å². The van der Waals surface area contributed by atoms with Crippen molar-refractivity contribution in [3.8, 4) is 0 Å². The predicted octanol–water partition coefficient (Wildman–Crippen LogP) is 1.16. The van der Waals surface area contributed by atoms with Gasteiger partial charge >= 0.3 is 5.97 Å². The van der Waals surface area contributed by atoms with Crippen molar-refractivity contribution < 1.29 is 9.90 Å². The van der Waals surface area contributed by atoms with Crippen LogP contribution < -0.4 is 11.1 Å². The minimum absolute atomic E-state index is 0.0456. The lowest BCUT2D eigenvalue weighted by Crippen LogP contribution is -2.30. The third-order valence-corrected chi connectivity index (χ3v) is 3.20. The molecule has 1 aliphatic carbocycles. The summed E-state index contributed by atoms with van der Waals surface area (Å²) >= 11 is 5.67. The molecule has 0 atom stereocenters. The molecule has 1 aromatic rings. The fraction of sp³-hybridized carbons (Fsp3) is 0.600. The van der Waals surface area contributed by atoms with Crippen molar-refractivity contribution in [1.29, 1.82) is 0 Å². The number of carboxylic acids is 1. The zero-order valence-electron chi connectivity index (χ0n) is 9.64. The average Bonchev–Trinajstić information content (AvgIpc) is 2.28. The van der Waals surface area contributed by atoms with Crippen LogP contribution in [0, 0.1) is 5.92 Å². The molecule has 1 saturated carbocycles.